The molecule has 4 aromatic carbocycles. The fraction of sp³-hybridized carbons (Fsp3) is 0.167. The summed E-state index contributed by atoms with van der Waals surface area (Å²) in [4.78, 5) is 52.4. The van der Waals surface area contributed by atoms with Crippen LogP contribution in [0.3, 0.4) is 0 Å². The van der Waals surface area contributed by atoms with Gasteiger partial charge in [0.1, 0.15) is 5.58 Å². The molecule has 1 unspecified atom stereocenters. The van der Waals surface area contributed by atoms with Crippen molar-refractivity contribution in [2.24, 2.45) is 0 Å². The first-order chi connectivity index (χ1) is 21.2. The molecule has 2 amide bonds. The van der Waals surface area contributed by atoms with Crippen molar-refractivity contribution in [3.05, 3.63) is 134 Å². The van der Waals surface area contributed by atoms with E-state index in [-0.39, 0.29) is 23.8 Å². The van der Waals surface area contributed by atoms with Crippen LogP contribution < -0.4 is 15.2 Å². The standard InChI is InChI=1S/C36H27N3O4S/c1-19-13-14-26-29(15-19)44-35(37-26)39-33(41)32-30(31(40)24-16-21(3)22(4)17-28(24)43-32)36(39)25-11-7-8-12-27(25)38(34(36)42)18-23-10-6-5-9-20(23)2/h5-17H,18H2,1-4H3. The van der Waals surface area contributed by atoms with Crippen molar-refractivity contribution in [2.45, 2.75) is 39.8 Å². The number of rotatable bonds is 3. The van der Waals surface area contributed by atoms with Gasteiger partial charge >= 0.3 is 0 Å². The lowest BCUT2D eigenvalue weighted by Crippen LogP contribution is -2.53. The van der Waals surface area contributed by atoms with Crippen molar-refractivity contribution in [3.8, 4) is 0 Å². The second kappa shape index (κ2) is 9.21. The van der Waals surface area contributed by atoms with Gasteiger partial charge in [-0.15, -0.1) is 0 Å². The highest BCUT2D eigenvalue weighted by Gasteiger charge is 2.66. The van der Waals surface area contributed by atoms with Crippen LogP contribution in [0.15, 0.2) is 88.1 Å². The smallest absolute Gasteiger partial charge is 0.297 e. The molecule has 8 rings (SSSR count). The van der Waals surface area contributed by atoms with Crippen molar-refractivity contribution >= 4 is 55.2 Å². The van der Waals surface area contributed by atoms with Crippen molar-refractivity contribution in [1.82, 2.24) is 4.98 Å². The lowest BCUT2D eigenvalue weighted by atomic mass is 9.84. The third-order valence-corrected chi connectivity index (χ3v) is 10.1. The lowest BCUT2D eigenvalue weighted by Gasteiger charge is -2.32. The Balaban J connectivity index is 1.47. The van der Waals surface area contributed by atoms with Gasteiger partial charge < -0.3 is 9.32 Å². The Labute approximate surface area is 257 Å². The van der Waals surface area contributed by atoms with Crippen LogP contribution in [-0.4, -0.2) is 16.8 Å². The number of aryl methyl sites for hydroxylation is 4. The number of carbonyl (C=O) groups excluding carboxylic acids is 2. The number of nitrogens with zero attached hydrogens (tertiary/aromatic N) is 3. The third kappa shape index (κ3) is 3.43. The molecule has 216 valence electrons. The zero-order valence-electron chi connectivity index (χ0n) is 24.6. The van der Waals surface area contributed by atoms with Gasteiger partial charge in [-0.2, -0.15) is 0 Å². The number of hydrogen-bond donors (Lipinski definition) is 0. The van der Waals surface area contributed by atoms with E-state index < -0.39 is 16.9 Å². The zero-order valence-corrected chi connectivity index (χ0v) is 25.4. The number of anilines is 2. The molecule has 0 N–H and O–H groups in total. The van der Waals surface area contributed by atoms with Crippen molar-refractivity contribution < 1.29 is 14.0 Å². The van der Waals surface area contributed by atoms with E-state index in [1.807, 2.05) is 94.4 Å². The van der Waals surface area contributed by atoms with E-state index in [9.17, 15) is 9.59 Å². The summed E-state index contributed by atoms with van der Waals surface area (Å²) in [5.74, 6) is -1.07. The Hall–Kier alpha value is -5.08. The molecule has 8 heteroatoms. The van der Waals surface area contributed by atoms with Crippen LogP contribution in [0.25, 0.3) is 21.2 Å². The van der Waals surface area contributed by atoms with Crippen molar-refractivity contribution in [1.29, 1.82) is 0 Å². The number of carbonyl (C=O) groups is 2. The lowest BCUT2D eigenvalue weighted by molar-refractivity contribution is -0.121. The number of hydrogen-bond acceptors (Lipinski definition) is 6. The minimum Gasteiger partial charge on any atom is -0.450 e. The highest BCUT2D eigenvalue weighted by Crippen LogP contribution is 2.55. The maximum atomic E-state index is 15.2. The van der Waals surface area contributed by atoms with Gasteiger partial charge in [0.05, 0.1) is 33.4 Å². The molecule has 0 aliphatic carbocycles. The predicted molar refractivity (Wildman–Crippen MR) is 173 cm³/mol. The number of amides is 2. The van der Waals surface area contributed by atoms with Crippen LogP contribution in [0.5, 0.6) is 0 Å². The first-order valence-corrected chi connectivity index (χ1v) is 15.3. The Bertz CT molecular complexity index is 2300. The number of para-hydroxylation sites is 1. The van der Waals surface area contributed by atoms with Gasteiger partial charge in [-0.3, -0.25) is 19.3 Å². The maximum Gasteiger partial charge on any atom is 0.297 e. The number of thiazole rings is 1. The van der Waals surface area contributed by atoms with Crippen LogP contribution in [0.4, 0.5) is 10.8 Å². The van der Waals surface area contributed by atoms with E-state index in [4.69, 9.17) is 9.40 Å². The van der Waals surface area contributed by atoms with Gasteiger partial charge in [0.15, 0.2) is 16.1 Å². The topological polar surface area (TPSA) is 83.7 Å². The van der Waals surface area contributed by atoms with Crippen molar-refractivity contribution in [2.75, 3.05) is 9.80 Å². The summed E-state index contributed by atoms with van der Waals surface area (Å²) < 4.78 is 7.20. The molecule has 0 saturated carbocycles. The largest absolute Gasteiger partial charge is 0.450 e. The number of aromatic nitrogens is 1. The van der Waals surface area contributed by atoms with E-state index in [2.05, 4.69) is 0 Å². The molecule has 6 aromatic rings. The van der Waals surface area contributed by atoms with Crippen LogP contribution >= 0.6 is 11.3 Å². The predicted octanol–water partition coefficient (Wildman–Crippen LogP) is 7.09. The zero-order chi connectivity index (χ0) is 30.5. The number of benzene rings is 4. The summed E-state index contributed by atoms with van der Waals surface area (Å²) in [5, 5.41) is 0.669. The molecule has 2 aliphatic heterocycles. The van der Waals surface area contributed by atoms with Gasteiger partial charge in [-0.1, -0.05) is 59.9 Å². The Morgan fingerprint density at radius 3 is 2.41 bits per heavy atom. The molecule has 1 atom stereocenters. The molecule has 0 bridgehead atoms. The molecule has 2 aromatic heterocycles. The fourth-order valence-electron chi connectivity index (χ4n) is 6.65. The summed E-state index contributed by atoms with van der Waals surface area (Å²) in [5.41, 5.74) is 5.00. The van der Waals surface area contributed by atoms with Crippen molar-refractivity contribution in [3.63, 3.8) is 0 Å². The Morgan fingerprint density at radius 1 is 0.841 bits per heavy atom. The normalized spacial score (nSPS) is 17.4. The molecule has 44 heavy (non-hydrogen) atoms. The summed E-state index contributed by atoms with van der Waals surface area (Å²) >= 11 is 1.32. The molecule has 7 nitrogen and oxygen atoms in total. The molecule has 4 heterocycles. The van der Waals surface area contributed by atoms with Gasteiger partial charge in [-0.05, 0) is 85.8 Å². The third-order valence-electron chi connectivity index (χ3n) is 9.05. The summed E-state index contributed by atoms with van der Waals surface area (Å²) in [6.45, 7) is 8.14. The average Bonchev–Trinajstić information content (AvgIpc) is 3.61. The van der Waals surface area contributed by atoms with Crippen LogP contribution in [0.2, 0.25) is 0 Å². The minimum atomic E-state index is -1.79. The second-order valence-electron chi connectivity index (χ2n) is 11.7. The molecular weight excluding hydrogens is 570 g/mol. The van der Waals surface area contributed by atoms with Gasteiger partial charge in [0.25, 0.3) is 11.8 Å². The molecule has 2 aliphatic rings. The van der Waals surface area contributed by atoms with Crippen LogP contribution in [-0.2, 0) is 16.9 Å². The molecule has 0 saturated heterocycles. The molecule has 0 fully saturated rings. The first kappa shape index (κ1) is 26.5. The SMILES string of the molecule is Cc1ccc2nc(N3C(=O)c4oc5cc(C)c(C)cc5c(=O)c4C34C(=O)N(Cc3ccccc3C)c3ccccc34)sc2c1. The number of fused-ring (bicyclic) bond motifs is 6. The van der Waals surface area contributed by atoms with Gasteiger partial charge in [0, 0.05) is 5.56 Å². The maximum absolute atomic E-state index is 15.2. The second-order valence-corrected chi connectivity index (χ2v) is 12.7. The Kier molecular flexibility index (Phi) is 5.55. The van der Waals surface area contributed by atoms with E-state index in [1.54, 1.807) is 17.0 Å². The quantitative estimate of drug-likeness (QED) is 0.218. The average molecular weight is 598 g/mol. The van der Waals surface area contributed by atoms with E-state index in [0.717, 1.165) is 32.5 Å². The van der Waals surface area contributed by atoms with Crippen LogP contribution in [0.1, 0.15) is 49.5 Å². The Morgan fingerprint density at radius 2 is 1.59 bits per heavy atom. The van der Waals surface area contributed by atoms with Crippen LogP contribution in [0, 0.1) is 27.7 Å². The monoisotopic (exact) mass is 597 g/mol. The summed E-state index contributed by atoms with van der Waals surface area (Å²) in [6, 6.07) is 24.8. The molecular formula is C36H27N3O4S. The van der Waals surface area contributed by atoms with Gasteiger partial charge in [0.2, 0.25) is 5.76 Å². The van der Waals surface area contributed by atoms with E-state index in [0.29, 0.717) is 32.9 Å². The van der Waals surface area contributed by atoms with Gasteiger partial charge in [-0.25, -0.2) is 4.98 Å². The molecule has 1 spiro atoms. The first-order valence-electron chi connectivity index (χ1n) is 14.5. The van der Waals surface area contributed by atoms with E-state index in [1.165, 1.54) is 16.2 Å². The summed E-state index contributed by atoms with van der Waals surface area (Å²) in [7, 11) is 0. The summed E-state index contributed by atoms with van der Waals surface area (Å²) in [6.07, 6.45) is 0. The minimum absolute atomic E-state index is 0.0402. The highest BCUT2D eigenvalue weighted by atomic mass is 32.1. The van der Waals surface area contributed by atoms with E-state index >= 15 is 4.79 Å². The highest BCUT2D eigenvalue weighted by molar-refractivity contribution is 7.22. The fourth-order valence-corrected chi connectivity index (χ4v) is 7.76. The molecule has 0 radical (unpaired) electrons.